The maximum Gasteiger partial charge on any atom is 0.134 e. The van der Waals surface area contributed by atoms with Crippen LogP contribution in [-0.4, -0.2) is 47.6 Å². The van der Waals surface area contributed by atoms with E-state index in [2.05, 4.69) is 40.7 Å². The van der Waals surface area contributed by atoms with Gasteiger partial charge in [-0.3, -0.25) is 4.90 Å². The Labute approximate surface area is 109 Å². The Morgan fingerprint density at radius 2 is 2.11 bits per heavy atom. The molecule has 1 aromatic heterocycles. The second-order valence-corrected chi connectivity index (χ2v) is 4.91. The van der Waals surface area contributed by atoms with E-state index in [1.165, 1.54) is 0 Å². The predicted molar refractivity (Wildman–Crippen MR) is 74.7 cm³/mol. The number of aromatic nitrogens is 2. The number of nitrogen functional groups attached to an aromatic ring is 1. The highest BCUT2D eigenvalue weighted by Crippen LogP contribution is 2.19. The average molecular weight is 249 g/mol. The number of anilines is 2. The zero-order valence-corrected chi connectivity index (χ0v) is 11.6. The number of nitrogens with two attached hydrogens (primary N) is 1. The molecule has 1 aliphatic heterocycles. The molecule has 1 fully saturated rings. The van der Waals surface area contributed by atoms with Gasteiger partial charge in [-0.05, 0) is 13.5 Å². The van der Waals surface area contributed by atoms with Gasteiger partial charge >= 0.3 is 0 Å². The Bertz CT molecular complexity index is 406. The summed E-state index contributed by atoms with van der Waals surface area (Å²) in [6.07, 6.45) is 1.98. The summed E-state index contributed by atoms with van der Waals surface area (Å²) in [5.74, 6) is 2.38. The molecular formula is C13H23N5. The number of nitrogens with zero attached hydrogens (tertiary/aromatic N) is 4. The van der Waals surface area contributed by atoms with Crippen LogP contribution in [0.4, 0.5) is 11.6 Å². The maximum absolute atomic E-state index is 5.85. The molecule has 1 aromatic rings. The summed E-state index contributed by atoms with van der Waals surface area (Å²) >= 11 is 0. The van der Waals surface area contributed by atoms with Crippen LogP contribution in [0.1, 0.15) is 26.1 Å². The van der Waals surface area contributed by atoms with Crippen molar-refractivity contribution in [1.82, 2.24) is 14.9 Å². The zero-order valence-electron chi connectivity index (χ0n) is 11.6. The van der Waals surface area contributed by atoms with Gasteiger partial charge in [-0.1, -0.05) is 13.8 Å². The molecule has 0 aliphatic carbocycles. The molecule has 0 radical (unpaired) electrons. The first-order chi connectivity index (χ1) is 8.63. The predicted octanol–water partition coefficient (Wildman–Crippen LogP) is 1.15. The highest BCUT2D eigenvalue weighted by atomic mass is 15.3. The third kappa shape index (κ3) is 2.72. The SMILES string of the molecule is CCc1nc(N)cc(N2CCN(C)C(CC)C2)n1. The summed E-state index contributed by atoms with van der Waals surface area (Å²) in [6, 6.07) is 2.48. The normalized spacial score (nSPS) is 21.3. The van der Waals surface area contributed by atoms with Crippen LogP contribution in [0.25, 0.3) is 0 Å². The molecule has 2 heterocycles. The van der Waals surface area contributed by atoms with Crippen LogP contribution in [0.15, 0.2) is 6.07 Å². The fourth-order valence-electron chi connectivity index (χ4n) is 2.42. The Balaban J connectivity index is 2.18. The molecule has 100 valence electrons. The van der Waals surface area contributed by atoms with Crippen LogP contribution in [0, 0.1) is 0 Å². The molecule has 0 bridgehead atoms. The van der Waals surface area contributed by atoms with E-state index >= 15 is 0 Å². The van der Waals surface area contributed by atoms with E-state index < -0.39 is 0 Å². The van der Waals surface area contributed by atoms with E-state index in [9.17, 15) is 0 Å². The highest BCUT2D eigenvalue weighted by molar-refractivity contribution is 5.47. The minimum Gasteiger partial charge on any atom is -0.384 e. The number of hydrogen-bond acceptors (Lipinski definition) is 5. The lowest BCUT2D eigenvalue weighted by Gasteiger charge is -2.39. The van der Waals surface area contributed by atoms with Crippen molar-refractivity contribution < 1.29 is 0 Å². The molecular weight excluding hydrogens is 226 g/mol. The largest absolute Gasteiger partial charge is 0.384 e. The lowest BCUT2D eigenvalue weighted by atomic mass is 10.1. The third-order valence-corrected chi connectivity index (χ3v) is 3.67. The number of aryl methyl sites for hydroxylation is 1. The Hall–Kier alpha value is -1.36. The summed E-state index contributed by atoms with van der Waals surface area (Å²) in [4.78, 5) is 13.6. The summed E-state index contributed by atoms with van der Waals surface area (Å²) in [5, 5.41) is 0. The summed E-state index contributed by atoms with van der Waals surface area (Å²) in [7, 11) is 2.19. The molecule has 1 unspecified atom stereocenters. The van der Waals surface area contributed by atoms with E-state index in [-0.39, 0.29) is 0 Å². The highest BCUT2D eigenvalue weighted by Gasteiger charge is 2.24. The quantitative estimate of drug-likeness (QED) is 0.871. The number of rotatable bonds is 3. The van der Waals surface area contributed by atoms with Crippen LogP contribution < -0.4 is 10.6 Å². The van der Waals surface area contributed by atoms with E-state index in [0.29, 0.717) is 11.9 Å². The van der Waals surface area contributed by atoms with Crippen LogP contribution in [0.3, 0.4) is 0 Å². The number of hydrogen-bond donors (Lipinski definition) is 1. The first-order valence-corrected chi connectivity index (χ1v) is 6.72. The molecule has 0 amide bonds. The van der Waals surface area contributed by atoms with Crippen LogP contribution >= 0.6 is 0 Å². The maximum atomic E-state index is 5.85. The molecule has 0 aromatic carbocycles. The van der Waals surface area contributed by atoms with Crippen molar-refractivity contribution in [2.24, 2.45) is 0 Å². The van der Waals surface area contributed by atoms with Crippen LogP contribution in [0.5, 0.6) is 0 Å². The minimum absolute atomic E-state index is 0.573. The number of likely N-dealkylation sites (N-methyl/N-ethyl adjacent to an activating group) is 1. The second-order valence-electron chi connectivity index (χ2n) is 4.91. The number of piperazine rings is 1. The standard InChI is InChI=1S/C13H23N5/c1-4-10-9-18(7-6-17(10)3)13-8-11(14)15-12(5-2)16-13/h8,10H,4-7,9H2,1-3H3,(H2,14,15,16). The van der Waals surface area contributed by atoms with Gasteiger partial charge in [-0.15, -0.1) is 0 Å². The van der Waals surface area contributed by atoms with Crippen molar-refractivity contribution in [3.8, 4) is 0 Å². The molecule has 5 heteroatoms. The topological polar surface area (TPSA) is 58.3 Å². The van der Waals surface area contributed by atoms with Gasteiger partial charge in [-0.25, -0.2) is 9.97 Å². The van der Waals surface area contributed by atoms with Gasteiger partial charge in [-0.2, -0.15) is 0 Å². The molecule has 0 saturated carbocycles. The lowest BCUT2D eigenvalue weighted by Crippen LogP contribution is -2.51. The van der Waals surface area contributed by atoms with Crippen molar-refractivity contribution in [3.63, 3.8) is 0 Å². The van der Waals surface area contributed by atoms with Crippen LogP contribution in [-0.2, 0) is 6.42 Å². The first-order valence-electron chi connectivity index (χ1n) is 6.72. The average Bonchev–Trinajstić information content (AvgIpc) is 2.38. The summed E-state index contributed by atoms with van der Waals surface area (Å²) in [6.45, 7) is 7.39. The minimum atomic E-state index is 0.573. The Morgan fingerprint density at radius 3 is 2.78 bits per heavy atom. The van der Waals surface area contributed by atoms with Crippen molar-refractivity contribution in [3.05, 3.63) is 11.9 Å². The third-order valence-electron chi connectivity index (χ3n) is 3.67. The van der Waals surface area contributed by atoms with Gasteiger partial charge in [0.1, 0.15) is 17.5 Å². The van der Waals surface area contributed by atoms with Gasteiger partial charge in [0.05, 0.1) is 0 Å². The second kappa shape index (κ2) is 5.52. The molecule has 2 rings (SSSR count). The van der Waals surface area contributed by atoms with Gasteiger partial charge in [0.25, 0.3) is 0 Å². The van der Waals surface area contributed by atoms with E-state index in [0.717, 1.165) is 44.1 Å². The molecule has 1 saturated heterocycles. The van der Waals surface area contributed by atoms with Crippen molar-refractivity contribution in [2.75, 3.05) is 37.3 Å². The molecule has 2 N–H and O–H groups in total. The fourth-order valence-corrected chi connectivity index (χ4v) is 2.42. The zero-order chi connectivity index (χ0) is 13.1. The first kappa shape index (κ1) is 13.1. The van der Waals surface area contributed by atoms with Crippen LogP contribution in [0.2, 0.25) is 0 Å². The monoisotopic (exact) mass is 249 g/mol. The van der Waals surface area contributed by atoms with Gasteiger partial charge in [0, 0.05) is 38.2 Å². The van der Waals surface area contributed by atoms with E-state index in [4.69, 9.17) is 5.73 Å². The van der Waals surface area contributed by atoms with E-state index in [1.54, 1.807) is 0 Å². The molecule has 0 spiro atoms. The van der Waals surface area contributed by atoms with Crippen molar-refractivity contribution in [1.29, 1.82) is 0 Å². The molecule has 18 heavy (non-hydrogen) atoms. The van der Waals surface area contributed by atoms with Crippen molar-refractivity contribution >= 4 is 11.6 Å². The van der Waals surface area contributed by atoms with E-state index in [1.807, 2.05) is 6.07 Å². The fraction of sp³-hybridized carbons (Fsp3) is 0.692. The molecule has 1 aliphatic rings. The van der Waals surface area contributed by atoms with Gasteiger partial charge in [0.2, 0.25) is 0 Å². The summed E-state index contributed by atoms with van der Waals surface area (Å²) < 4.78 is 0. The van der Waals surface area contributed by atoms with Gasteiger partial charge < -0.3 is 10.6 Å². The summed E-state index contributed by atoms with van der Waals surface area (Å²) in [5.41, 5.74) is 5.85. The molecule has 1 atom stereocenters. The molecule has 5 nitrogen and oxygen atoms in total. The lowest BCUT2D eigenvalue weighted by molar-refractivity contribution is 0.213. The van der Waals surface area contributed by atoms with Gasteiger partial charge in [0.15, 0.2) is 0 Å². The Morgan fingerprint density at radius 1 is 1.33 bits per heavy atom. The smallest absolute Gasteiger partial charge is 0.134 e. The Kier molecular flexibility index (Phi) is 4.01. The van der Waals surface area contributed by atoms with Crippen molar-refractivity contribution in [2.45, 2.75) is 32.7 Å².